The zero-order chi connectivity index (χ0) is 19.8. The number of fused-ring (bicyclic) bond motifs is 1. The van der Waals surface area contributed by atoms with Crippen LogP contribution in [0.4, 0.5) is 22.4 Å². The molecule has 2 amide bonds. The van der Waals surface area contributed by atoms with Crippen molar-refractivity contribution in [2.45, 2.75) is 25.6 Å². The molecule has 1 aliphatic rings. The van der Waals surface area contributed by atoms with Crippen molar-refractivity contribution < 1.29 is 32.3 Å². The molecule has 1 aromatic heterocycles. The van der Waals surface area contributed by atoms with E-state index in [0.29, 0.717) is 36.1 Å². The van der Waals surface area contributed by atoms with Gasteiger partial charge in [-0.3, -0.25) is 4.79 Å². The molecule has 3 rings (SSSR count). The van der Waals surface area contributed by atoms with Crippen LogP contribution in [0.2, 0.25) is 0 Å². The number of carbonyl (C=O) groups is 2. The number of aromatic nitrogens is 1. The van der Waals surface area contributed by atoms with Gasteiger partial charge in [-0.15, -0.1) is 0 Å². The van der Waals surface area contributed by atoms with Crippen molar-refractivity contribution in [3.05, 3.63) is 28.8 Å². The fraction of sp³-hybridized carbons (Fsp3) is 0.438. The number of amides is 2. The first-order valence-corrected chi connectivity index (χ1v) is 8.89. The van der Waals surface area contributed by atoms with Gasteiger partial charge >= 0.3 is 18.2 Å². The molecule has 0 atom stereocenters. The second-order valence-corrected chi connectivity index (χ2v) is 7.24. The second kappa shape index (κ2) is 7.29. The van der Waals surface area contributed by atoms with Gasteiger partial charge in [0.1, 0.15) is 5.82 Å². The summed E-state index contributed by atoms with van der Waals surface area (Å²) in [6.07, 6.45) is -5.04. The maximum atomic E-state index is 13.5. The molecule has 0 aliphatic carbocycles. The average molecular weight is 405 g/mol. The minimum atomic E-state index is -5.09. The van der Waals surface area contributed by atoms with Crippen molar-refractivity contribution >= 4 is 33.6 Å². The Hall–Kier alpha value is -2.43. The molecule has 1 aromatic carbocycles. The van der Waals surface area contributed by atoms with Crippen LogP contribution in [0.1, 0.15) is 12.8 Å². The van der Waals surface area contributed by atoms with Crippen molar-refractivity contribution in [2.75, 3.05) is 13.1 Å². The highest BCUT2D eigenvalue weighted by molar-refractivity contribution is 7.16. The Kier molecular flexibility index (Phi) is 5.22. The van der Waals surface area contributed by atoms with Gasteiger partial charge < -0.3 is 14.6 Å². The van der Waals surface area contributed by atoms with Gasteiger partial charge in [-0.25, -0.2) is 9.18 Å². The zero-order valence-electron chi connectivity index (χ0n) is 13.9. The predicted octanol–water partition coefficient (Wildman–Crippen LogP) is 3.22. The first-order chi connectivity index (χ1) is 12.6. The lowest BCUT2D eigenvalue weighted by molar-refractivity contribution is -0.169. The molecular formula is C16H15F4N3O3S. The van der Waals surface area contributed by atoms with Crippen molar-refractivity contribution in [1.82, 2.24) is 9.47 Å². The Balaban J connectivity index is 1.95. The van der Waals surface area contributed by atoms with E-state index in [0.717, 1.165) is 11.3 Å². The molecule has 1 aliphatic heterocycles. The molecule has 0 unspecified atom stereocenters. The monoisotopic (exact) mass is 405 g/mol. The Labute approximate surface area is 154 Å². The first kappa shape index (κ1) is 19.3. The zero-order valence-corrected chi connectivity index (χ0v) is 14.7. The van der Waals surface area contributed by atoms with E-state index in [-0.39, 0.29) is 17.3 Å². The standard InChI is InChI=1S/C16H15F4N3O3S/c17-10-1-2-11-12(7-10)27-14(21-13(24)16(18,19)20)23(11)8-9-3-5-22(6-4-9)15(25)26/h1-2,7,9H,3-6,8H2,(H,25,26)/b21-14+. The van der Waals surface area contributed by atoms with Crippen LogP contribution >= 0.6 is 11.3 Å². The van der Waals surface area contributed by atoms with Gasteiger partial charge in [-0.05, 0) is 37.0 Å². The lowest BCUT2D eigenvalue weighted by Gasteiger charge is -2.30. The number of hydrogen-bond acceptors (Lipinski definition) is 3. The quantitative estimate of drug-likeness (QED) is 0.780. The molecule has 146 valence electrons. The lowest BCUT2D eigenvalue weighted by Crippen LogP contribution is -2.39. The number of carbonyl (C=O) groups excluding carboxylic acids is 1. The number of carboxylic acid groups (broad SMARTS) is 1. The number of rotatable bonds is 2. The summed E-state index contributed by atoms with van der Waals surface area (Å²) in [4.78, 5) is 26.6. The van der Waals surface area contributed by atoms with E-state index < -0.39 is 24.0 Å². The fourth-order valence-electron chi connectivity index (χ4n) is 3.02. The predicted molar refractivity (Wildman–Crippen MR) is 88.7 cm³/mol. The number of halogens is 4. The van der Waals surface area contributed by atoms with Crippen LogP contribution in [-0.4, -0.2) is 45.8 Å². The number of piperidine rings is 1. The molecule has 2 aromatic rings. The van der Waals surface area contributed by atoms with Crippen LogP contribution in [0, 0.1) is 11.7 Å². The van der Waals surface area contributed by atoms with Crippen molar-refractivity contribution in [3.8, 4) is 0 Å². The second-order valence-electron chi connectivity index (χ2n) is 6.24. The van der Waals surface area contributed by atoms with Crippen LogP contribution in [-0.2, 0) is 11.3 Å². The van der Waals surface area contributed by atoms with E-state index in [1.54, 1.807) is 0 Å². The van der Waals surface area contributed by atoms with E-state index in [4.69, 9.17) is 5.11 Å². The maximum absolute atomic E-state index is 13.5. The molecular weight excluding hydrogens is 390 g/mol. The summed E-state index contributed by atoms with van der Waals surface area (Å²) in [5.74, 6) is -2.76. The van der Waals surface area contributed by atoms with Crippen LogP contribution in [0.25, 0.3) is 10.2 Å². The Morgan fingerprint density at radius 3 is 2.52 bits per heavy atom. The highest BCUT2D eigenvalue weighted by Crippen LogP contribution is 2.24. The van der Waals surface area contributed by atoms with E-state index in [2.05, 4.69) is 4.99 Å². The molecule has 2 heterocycles. The SMILES string of the molecule is O=C(O)N1CCC(Cn2/c(=N\C(=O)C(F)(F)F)sc3cc(F)ccc32)CC1. The Morgan fingerprint density at radius 1 is 1.26 bits per heavy atom. The topological polar surface area (TPSA) is 74.9 Å². The number of nitrogens with zero attached hydrogens (tertiary/aromatic N) is 3. The third kappa shape index (κ3) is 4.29. The minimum Gasteiger partial charge on any atom is -0.465 e. The van der Waals surface area contributed by atoms with E-state index >= 15 is 0 Å². The van der Waals surface area contributed by atoms with Crippen LogP contribution in [0.5, 0.6) is 0 Å². The van der Waals surface area contributed by atoms with E-state index in [9.17, 15) is 27.2 Å². The Morgan fingerprint density at radius 2 is 1.93 bits per heavy atom. The molecule has 1 saturated heterocycles. The van der Waals surface area contributed by atoms with Gasteiger partial charge in [0, 0.05) is 19.6 Å². The summed E-state index contributed by atoms with van der Waals surface area (Å²) in [5.41, 5.74) is 0.482. The molecule has 0 saturated carbocycles. The van der Waals surface area contributed by atoms with Gasteiger partial charge in [0.25, 0.3) is 0 Å². The average Bonchev–Trinajstić information content (AvgIpc) is 2.91. The van der Waals surface area contributed by atoms with Crippen LogP contribution in [0.3, 0.4) is 0 Å². The summed E-state index contributed by atoms with van der Waals surface area (Å²) >= 11 is 0.807. The van der Waals surface area contributed by atoms with E-state index in [1.165, 1.54) is 27.7 Å². The van der Waals surface area contributed by atoms with Gasteiger partial charge in [0.05, 0.1) is 10.2 Å². The van der Waals surface area contributed by atoms with E-state index in [1.807, 2.05) is 0 Å². The third-order valence-corrected chi connectivity index (χ3v) is 5.45. The minimum absolute atomic E-state index is 0.00314. The number of likely N-dealkylation sites (tertiary alicyclic amines) is 1. The molecule has 0 radical (unpaired) electrons. The molecule has 1 fully saturated rings. The summed E-state index contributed by atoms with van der Waals surface area (Å²) in [6.45, 7) is 0.916. The van der Waals surface area contributed by atoms with Gasteiger partial charge in [0.15, 0.2) is 4.80 Å². The molecule has 11 heteroatoms. The summed E-state index contributed by atoms with van der Waals surface area (Å²) in [5, 5.41) is 9.00. The molecule has 1 N–H and O–H groups in total. The smallest absolute Gasteiger partial charge is 0.465 e. The van der Waals surface area contributed by atoms with Crippen molar-refractivity contribution in [2.24, 2.45) is 10.9 Å². The number of benzene rings is 1. The highest BCUT2D eigenvalue weighted by Gasteiger charge is 2.38. The fourth-order valence-corrected chi connectivity index (χ4v) is 4.09. The first-order valence-electron chi connectivity index (χ1n) is 8.08. The molecule has 0 spiro atoms. The van der Waals surface area contributed by atoms with Crippen molar-refractivity contribution in [1.29, 1.82) is 0 Å². The number of hydrogen-bond donors (Lipinski definition) is 1. The highest BCUT2D eigenvalue weighted by atomic mass is 32.1. The van der Waals surface area contributed by atoms with Gasteiger partial charge in [0.2, 0.25) is 0 Å². The molecule has 6 nitrogen and oxygen atoms in total. The third-order valence-electron chi connectivity index (χ3n) is 4.41. The number of alkyl halides is 3. The largest absolute Gasteiger partial charge is 0.473 e. The van der Waals surface area contributed by atoms with Crippen LogP contribution in [0.15, 0.2) is 23.2 Å². The van der Waals surface area contributed by atoms with Crippen molar-refractivity contribution in [3.63, 3.8) is 0 Å². The van der Waals surface area contributed by atoms with Gasteiger partial charge in [-0.2, -0.15) is 18.2 Å². The molecule has 0 bridgehead atoms. The number of thiazole rings is 1. The maximum Gasteiger partial charge on any atom is 0.473 e. The summed E-state index contributed by atoms with van der Waals surface area (Å²) in [6, 6.07) is 3.80. The van der Waals surface area contributed by atoms with Gasteiger partial charge in [-0.1, -0.05) is 11.3 Å². The summed E-state index contributed by atoms with van der Waals surface area (Å²) in [7, 11) is 0. The summed E-state index contributed by atoms with van der Waals surface area (Å²) < 4.78 is 53.1. The Bertz CT molecular complexity index is 943. The normalized spacial score (nSPS) is 16.9. The van der Waals surface area contributed by atoms with Crippen LogP contribution < -0.4 is 4.80 Å². The lowest BCUT2D eigenvalue weighted by atomic mass is 9.97. The molecule has 27 heavy (non-hydrogen) atoms.